The van der Waals surface area contributed by atoms with Gasteiger partial charge in [0.05, 0.1) is 18.5 Å². The van der Waals surface area contributed by atoms with Crippen molar-refractivity contribution in [2.45, 2.75) is 52.2 Å². The predicted octanol–water partition coefficient (Wildman–Crippen LogP) is 4.89. The van der Waals surface area contributed by atoms with Crippen molar-refractivity contribution in [1.29, 1.82) is 0 Å². The Morgan fingerprint density at radius 2 is 2.06 bits per heavy atom. The van der Waals surface area contributed by atoms with E-state index in [1.807, 2.05) is 18.2 Å². The van der Waals surface area contributed by atoms with Gasteiger partial charge >= 0.3 is 0 Å². The van der Waals surface area contributed by atoms with Crippen molar-refractivity contribution in [2.75, 3.05) is 26.7 Å². The maximum Gasteiger partial charge on any atom is 0.220 e. The van der Waals surface area contributed by atoms with E-state index in [2.05, 4.69) is 59.0 Å². The van der Waals surface area contributed by atoms with Crippen molar-refractivity contribution >= 4 is 5.91 Å². The van der Waals surface area contributed by atoms with Crippen molar-refractivity contribution in [2.24, 2.45) is 0 Å². The van der Waals surface area contributed by atoms with Gasteiger partial charge in [0, 0.05) is 35.8 Å². The largest absolute Gasteiger partial charge is 0.495 e. The van der Waals surface area contributed by atoms with E-state index in [4.69, 9.17) is 9.47 Å². The maximum absolute atomic E-state index is 12.8. The third-order valence-electron chi connectivity index (χ3n) is 7.31. The Bertz CT molecular complexity index is 1220. The SMILES string of the molecule is CCN1CCC[C@@H]1CNC(=O)CCc1cc2c(n1-c1ccc(C)cc1OC)-c1ccccc1OC2. The van der Waals surface area contributed by atoms with Crippen molar-refractivity contribution in [3.05, 3.63) is 65.4 Å². The van der Waals surface area contributed by atoms with Gasteiger partial charge in [-0.3, -0.25) is 9.69 Å². The van der Waals surface area contributed by atoms with Gasteiger partial charge in [-0.2, -0.15) is 0 Å². The summed E-state index contributed by atoms with van der Waals surface area (Å²) >= 11 is 0. The molecule has 1 atom stereocenters. The van der Waals surface area contributed by atoms with Crippen LogP contribution in [0.4, 0.5) is 0 Å². The average Bonchev–Trinajstić information content (AvgIpc) is 3.50. The molecule has 6 heteroatoms. The number of amides is 1. The van der Waals surface area contributed by atoms with Gasteiger partial charge < -0.3 is 19.4 Å². The van der Waals surface area contributed by atoms with Crippen LogP contribution in [0.25, 0.3) is 16.9 Å². The molecule has 0 bridgehead atoms. The number of aromatic nitrogens is 1. The topological polar surface area (TPSA) is 55.7 Å². The van der Waals surface area contributed by atoms with E-state index in [1.54, 1.807) is 7.11 Å². The minimum atomic E-state index is 0.103. The quantitative estimate of drug-likeness (QED) is 0.506. The number of ether oxygens (including phenoxy) is 2. The highest BCUT2D eigenvalue weighted by Gasteiger charge is 2.27. The number of likely N-dealkylation sites (N-methyl/N-ethyl adjacent to an activating group) is 1. The summed E-state index contributed by atoms with van der Waals surface area (Å²) in [6, 6.07) is 17.1. The molecule has 1 amide bonds. The summed E-state index contributed by atoms with van der Waals surface area (Å²) in [6.45, 7) is 7.69. The van der Waals surface area contributed by atoms with Crippen molar-refractivity contribution < 1.29 is 14.3 Å². The Kier molecular flexibility index (Phi) is 6.82. The van der Waals surface area contributed by atoms with Gasteiger partial charge in [0.25, 0.3) is 0 Å². The first-order valence-electron chi connectivity index (χ1n) is 12.7. The first-order chi connectivity index (χ1) is 17.1. The standard InChI is InChI=1S/C29H35N3O3/c1-4-31-15-7-8-23(31)18-30-28(33)14-12-22-17-21-19-35-26-10-6-5-9-24(26)29(21)32(22)25-13-11-20(2)16-27(25)34-3/h5-6,9-11,13,16-17,23H,4,7-8,12,14-15,18-19H2,1-3H3,(H,30,33)/t23-/m1/s1. The predicted molar refractivity (Wildman–Crippen MR) is 138 cm³/mol. The lowest BCUT2D eigenvalue weighted by Gasteiger charge is -2.23. The van der Waals surface area contributed by atoms with E-state index < -0.39 is 0 Å². The van der Waals surface area contributed by atoms with Crippen molar-refractivity contribution in [3.63, 3.8) is 0 Å². The molecule has 3 heterocycles. The zero-order chi connectivity index (χ0) is 24.4. The van der Waals surface area contributed by atoms with Gasteiger partial charge in [-0.1, -0.05) is 25.1 Å². The van der Waals surface area contributed by atoms with E-state index in [9.17, 15) is 4.79 Å². The van der Waals surface area contributed by atoms with Crippen LogP contribution in [0.15, 0.2) is 48.5 Å². The normalized spacial score (nSPS) is 16.9. The molecular weight excluding hydrogens is 438 g/mol. The van der Waals surface area contributed by atoms with Crippen molar-refractivity contribution in [3.8, 4) is 28.4 Å². The van der Waals surface area contributed by atoms with E-state index in [-0.39, 0.29) is 5.91 Å². The summed E-state index contributed by atoms with van der Waals surface area (Å²) in [5.74, 6) is 1.80. The van der Waals surface area contributed by atoms with Crippen LogP contribution in [-0.4, -0.2) is 48.2 Å². The fourth-order valence-corrected chi connectivity index (χ4v) is 5.50. The van der Waals surface area contributed by atoms with Crippen LogP contribution in [0.2, 0.25) is 0 Å². The number of carbonyl (C=O) groups excluding carboxylic acids is 1. The highest BCUT2D eigenvalue weighted by Crippen LogP contribution is 2.42. The second-order valence-corrected chi connectivity index (χ2v) is 9.53. The highest BCUT2D eigenvalue weighted by atomic mass is 16.5. The van der Waals surface area contributed by atoms with E-state index in [0.29, 0.717) is 25.5 Å². The molecule has 2 aromatic carbocycles. The number of para-hydroxylation sites is 1. The van der Waals surface area contributed by atoms with Crippen LogP contribution in [0, 0.1) is 6.92 Å². The molecule has 0 radical (unpaired) electrons. The monoisotopic (exact) mass is 473 g/mol. The van der Waals surface area contributed by atoms with Crippen LogP contribution in [0.3, 0.4) is 0 Å². The third-order valence-corrected chi connectivity index (χ3v) is 7.31. The van der Waals surface area contributed by atoms with Crippen LogP contribution in [0.1, 0.15) is 43.0 Å². The van der Waals surface area contributed by atoms with Crippen LogP contribution >= 0.6 is 0 Å². The Labute approximate surface area is 207 Å². The lowest BCUT2D eigenvalue weighted by atomic mass is 10.0. The zero-order valence-corrected chi connectivity index (χ0v) is 21.0. The summed E-state index contributed by atoms with van der Waals surface area (Å²) < 4.78 is 14.1. The molecule has 5 rings (SSSR count). The molecule has 0 unspecified atom stereocenters. The molecular formula is C29H35N3O3. The number of nitrogens with zero attached hydrogens (tertiary/aromatic N) is 2. The van der Waals surface area contributed by atoms with Gasteiger partial charge in [-0.05, 0) is 75.2 Å². The first kappa shape index (κ1) is 23.5. The second kappa shape index (κ2) is 10.2. The molecule has 1 N–H and O–H groups in total. The molecule has 2 aliphatic rings. The number of rotatable bonds is 8. The van der Waals surface area contributed by atoms with Crippen molar-refractivity contribution in [1.82, 2.24) is 14.8 Å². The molecule has 184 valence electrons. The molecule has 2 aliphatic heterocycles. The molecule has 0 aliphatic carbocycles. The van der Waals surface area contributed by atoms with E-state index >= 15 is 0 Å². The minimum absolute atomic E-state index is 0.103. The summed E-state index contributed by atoms with van der Waals surface area (Å²) in [6.07, 6.45) is 3.46. The number of nitrogens with one attached hydrogen (secondary N) is 1. The number of hydrogen-bond acceptors (Lipinski definition) is 4. The summed E-state index contributed by atoms with van der Waals surface area (Å²) in [7, 11) is 1.71. The number of carbonyl (C=O) groups is 1. The molecule has 1 fully saturated rings. The number of aryl methyl sites for hydroxylation is 2. The molecule has 1 saturated heterocycles. The third kappa shape index (κ3) is 4.67. The highest BCUT2D eigenvalue weighted by molar-refractivity contribution is 5.78. The minimum Gasteiger partial charge on any atom is -0.495 e. The Balaban J connectivity index is 1.43. The second-order valence-electron chi connectivity index (χ2n) is 9.53. The number of methoxy groups -OCH3 is 1. The number of hydrogen-bond donors (Lipinski definition) is 1. The van der Waals surface area contributed by atoms with Gasteiger partial charge in [0.15, 0.2) is 0 Å². The van der Waals surface area contributed by atoms with Crippen LogP contribution in [0.5, 0.6) is 11.5 Å². The van der Waals surface area contributed by atoms with Crippen LogP contribution < -0.4 is 14.8 Å². The smallest absolute Gasteiger partial charge is 0.220 e. The summed E-state index contributed by atoms with van der Waals surface area (Å²) in [4.78, 5) is 15.3. The van der Waals surface area contributed by atoms with Crippen LogP contribution in [-0.2, 0) is 17.8 Å². The molecule has 0 spiro atoms. The van der Waals surface area contributed by atoms with E-state index in [1.165, 1.54) is 6.42 Å². The molecule has 3 aromatic rings. The van der Waals surface area contributed by atoms with Gasteiger partial charge in [0.1, 0.15) is 18.1 Å². The number of fused-ring (bicyclic) bond motifs is 3. The van der Waals surface area contributed by atoms with E-state index in [0.717, 1.165) is 71.3 Å². The molecule has 35 heavy (non-hydrogen) atoms. The molecule has 1 aromatic heterocycles. The first-order valence-corrected chi connectivity index (χ1v) is 12.7. The number of benzene rings is 2. The Morgan fingerprint density at radius 3 is 2.89 bits per heavy atom. The average molecular weight is 474 g/mol. The molecule has 6 nitrogen and oxygen atoms in total. The lowest BCUT2D eigenvalue weighted by molar-refractivity contribution is -0.121. The fraction of sp³-hybridized carbons (Fsp3) is 0.414. The van der Waals surface area contributed by atoms with Gasteiger partial charge in [-0.15, -0.1) is 0 Å². The summed E-state index contributed by atoms with van der Waals surface area (Å²) in [5.41, 5.74) is 6.53. The maximum atomic E-state index is 12.8. The van der Waals surface area contributed by atoms with Gasteiger partial charge in [-0.25, -0.2) is 0 Å². The zero-order valence-electron chi connectivity index (χ0n) is 21.0. The fourth-order valence-electron chi connectivity index (χ4n) is 5.50. The number of likely N-dealkylation sites (tertiary alicyclic amines) is 1. The van der Waals surface area contributed by atoms with Gasteiger partial charge in [0.2, 0.25) is 5.91 Å². The Hall–Kier alpha value is -3.25. The lowest BCUT2D eigenvalue weighted by Crippen LogP contribution is -2.40. The summed E-state index contributed by atoms with van der Waals surface area (Å²) in [5, 5.41) is 3.19. The Morgan fingerprint density at radius 1 is 1.20 bits per heavy atom. The molecule has 0 saturated carbocycles.